The summed E-state index contributed by atoms with van der Waals surface area (Å²) in [4.78, 5) is 0. The van der Waals surface area contributed by atoms with E-state index in [-0.39, 0.29) is 0 Å². The van der Waals surface area contributed by atoms with Crippen molar-refractivity contribution in [1.82, 2.24) is 0 Å². The van der Waals surface area contributed by atoms with Gasteiger partial charge in [-0.3, -0.25) is 0 Å². The van der Waals surface area contributed by atoms with Crippen LogP contribution in [0.15, 0.2) is 0 Å². The predicted octanol–water partition coefficient (Wildman–Crippen LogP) is 1.04. The summed E-state index contributed by atoms with van der Waals surface area (Å²) in [7, 11) is 0. The standard InChI is InChI=1S/C4H2F4O/c5-1-2-4(8,9-2)3(1,6)7/h1-2H. The molecule has 2 rings (SSSR count). The molecule has 0 bridgehead atoms. The minimum Gasteiger partial charge on any atom is -0.326 e. The number of epoxide rings is 1. The lowest BCUT2D eigenvalue weighted by Gasteiger charge is -2.27. The zero-order valence-electron chi connectivity index (χ0n) is 4.07. The summed E-state index contributed by atoms with van der Waals surface area (Å²) in [6, 6.07) is 0. The molecule has 0 radical (unpaired) electrons. The maximum Gasteiger partial charge on any atom is 0.341 e. The molecule has 0 N–H and O–H groups in total. The second kappa shape index (κ2) is 0.982. The third-order valence-corrected chi connectivity index (χ3v) is 1.67. The van der Waals surface area contributed by atoms with Gasteiger partial charge in [-0.05, 0) is 0 Å². The molecule has 0 aromatic rings. The van der Waals surface area contributed by atoms with Crippen LogP contribution in [0, 0.1) is 0 Å². The van der Waals surface area contributed by atoms with Gasteiger partial charge in [0.15, 0.2) is 6.10 Å². The molecule has 1 saturated carbocycles. The molecule has 3 unspecified atom stereocenters. The Hall–Kier alpha value is -0.320. The second-order valence-corrected chi connectivity index (χ2v) is 2.21. The molecule has 0 aromatic carbocycles. The molecule has 1 aliphatic carbocycles. The quantitative estimate of drug-likeness (QED) is 0.363. The fraction of sp³-hybridized carbons (Fsp3) is 1.00. The van der Waals surface area contributed by atoms with Crippen molar-refractivity contribution in [3.05, 3.63) is 0 Å². The molecule has 5 heteroatoms. The van der Waals surface area contributed by atoms with Crippen molar-refractivity contribution >= 4 is 0 Å². The van der Waals surface area contributed by atoms with Gasteiger partial charge in [-0.1, -0.05) is 0 Å². The van der Waals surface area contributed by atoms with Crippen LogP contribution in [0.4, 0.5) is 17.6 Å². The van der Waals surface area contributed by atoms with Crippen LogP contribution >= 0.6 is 0 Å². The summed E-state index contributed by atoms with van der Waals surface area (Å²) < 4.78 is 51.5. The Balaban J connectivity index is 2.27. The fourth-order valence-corrected chi connectivity index (χ4v) is 0.949. The first-order valence-corrected chi connectivity index (χ1v) is 2.39. The van der Waals surface area contributed by atoms with Gasteiger partial charge in [0, 0.05) is 0 Å². The Morgan fingerprint density at radius 1 is 1.22 bits per heavy atom. The van der Waals surface area contributed by atoms with Crippen LogP contribution in [0.5, 0.6) is 0 Å². The Morgan fingerprint density at radius 2 is 1.78 bits per heavy atom. The lowest BCUT2D eigenvalue weighted by molar-refractivity contribution is -0.202. The third kappa shape index (κ3) is 0.323. The van der Waals surface area contributed by atoms with Crippen molar-refractivity contribution in [1.29, 1.82) is 0 Å². The van der Waals surface area contributed by atoms with Crippen molar-refractivity contribution in [2.45, 2.75) is 24.1 Å². The lowest BCUT2D eigenvalue weighted by atomic mass is 9.90. The predicted molar refractivity (Wildman–Crippen MR) is 18.6 cm³/mol. The summed E-state index contributed by atoms with van der Waals surface area (Å²) in [6.45, 7) is 0. The summed E-state index contributed by atoms with van der Waals surface area (Å²) in [5.74, 6) is -6.86. The van der Waals surface area contributed by atoms with Crippen LogP contribution in [0.3, 0.4) is 0 Å². The number of hydrogen-bond acceptors (Lipinski definition) is 1. The molecule has 3 atom stereocenters. The number of ether oxygens (including phenoxy) is 1. The van der Waals surface area contributed by atoms with Crippen LogP contribution in [0.2, 0.25) is 0 Å². The van der Waals surface area contributed by atoms with Crippen molar-refractivity contribution in [2.24, 2.45) is 0 Å². The fourth-order valence-electron chi connectivity index (χ4n) is 0.949. The van der Waals surface area contributed by atoms with Crippen molar-refractivity contribution in [3.8, 4) is 0 Å². The molecular weight excluding hydrogens is 140 g/mol. The molecular formula is C4H2F4O. The van der Waals surface area contributed by atoms with Crippen LogP contribution in [-0.4, -0.2) is 24.1 Å². The molecule has 1 aliphatic heterocycles. The molecule has 0 aromatic heterocycles. The largest absolute Gasteiger partial charge is 0.341 e. The first kappa shape index (κ1) is 5.46. The molecule has 2 fully saturated rings. The average molecular weight is 142 g/mol. The zero-order valence-corrected chi connectivity index (χ0v) is 4.07. The lowest BCUT2D eigenvalue weighted by Crippen LogP contribution is -2.57. The Morgan fingerprint density at radius 3 is 1.89 bits per heavy atom. The van der Waals surface area contributed by atoms with Gasteiger partial charge in [0.1, 0.15) is 0 Å². The summed E-state index contributed by atoms with van der Waals surface area (Å²) in [5, 5.41) is 0. The van der Waals surface area contributed by atoms with E-state index in [1.807, 2.05) is 0 Å². The molecule has 0 spiro atoms. The van der Waals surface area contributed by atoms with E-state index in [0.29, 0.717) is 0 Å². The van der Waals surface area contributed by atoms with E-state index >= 15 is 0 Å². The highest BCUT2D eigenvalue weighted by Crippen LogP contribution is 2.65. The van der Waals surface area contributed by atoms with Gasteiger partial charge in [0.05, 0.1) is 0 Å². The van der Waals surface area contributed by atoms with Crippen molar-refractivity contribution in [2.75, 3.05) is 0 Å². The minimum atomic E-state index is -3.91. The first-order valence-electron chi connectivity index (χ1n) is 2.39. The second-order valence-electron chi connectivity index (χ2n) is 2.21. The molecule has 52 valence electrons. The summed E-state index contributed by atoms with van der Waals surface area (Å²) in [6.07, 6.45) is -3.94. The highest BCUT2D eigenvalue weighted by Gasteiger charge is 2.92. The Bertz CT molecular complexity index is 170. The summed E-state index contributed by atoms with van der Waals surface area (Å²) in [5.41, 5.74) is 0. The van der Waals surface area contributed by atoms with E-state index in [4.69, 9.17) is 0 Å². The Labute approximate surface area is 47.6 Å². The summed E-state index contributed by atoms with van der Waals surface area (Å²) >= 11 is 0. The maximum absolute atomic E-state index is 12.1. The van der Waals surface area contributed by atoms with Crippen molar-refractivity contribution < 1.29 is 22.3 Å². The molecule has 9 heavy (non-hydrogen) atoms. The van der Waals surface area contributed by atoms with E-state index in [9.17, 15) is 17.6 Å². The number of rotatable bonds is 0. The average Bonchev–Trinajstić information content (AvgIpc) is 2.40. The number of alkyl halides is 4. The van der Waals surface area contributed by atoms with Gasteiger partial charge < -0.3 is 4.74 Å². The smallest absolute Gasteiger partial charge is 0.326 e. The molecule has 0 amide bonds. The van der Waals surface area contributed by atoms with Crippen LogP contribution in [-0.2, 0) is 4.74 Å². The number of hydrogen-bond donors (Lipinski definition) is 0. The minimum absolute atomic E-state index is 1.49. The van der Waals surface area contributed by atoms with Gasteiger partial charge >= 0.3 is 11.8 Å². The zero-order chi connectivity index (χ0) is 6.86. The van der Waals surface area contributed by atoms with Gasteiger partial charge in [-0.25, -0.2) is 8.78 Å². The number of fused-ring (bicyclic) bond motifs is 1. The molecule has 1 nitrogen and oxygen atoms in total. The molecule has 2 aliphatic rings. The maximum atomic E-state index is 12.1. The van der Waals surface area contributed by atoms with E-state index in [2.05, 4.69) is 4.74 Å². The van der Waals surface area contributed by atoms with Crippen molar-refractivity contribution in [3.63, 3.8) is 0 Å². The third-order valence-electron chi connectivity index (χ3n) is 1.67. The van der Waals surface area contributed by atoms with E-state index in [0.717, 1.165) is 0 Å². The van der Waals surface area contributed by atoms with Crippen LogP contribution in [0.1, 0.15) is 0 Å². The SMILES string of the molecule is FC1C2OC2(F)C1(F)F. The van der Waals surface area contributed by atoms with Gasteiger partial charge in [0.2, 0.25) is 6.17 Å². The number of halogens is 4. The molecule has 1 saturated heterocycles. The monoisotopic (exact) mass is 142 g/mol. The Kier molecular flexibility index (Phi) is 0.596. The van der Waals surface area contributed by atoms with Gasteiger partial charge in [-0.2, -0.15) is 8.78 Å². The molecule has 1 heterocycles. The van der Waals surface area contributed by atoms with Gasteiger partial charge in [0.25, 0.3) is 0 Å². The van der Waals surface area contributed by atoms with Crippen LogP contribution < -0.4 is 0 Å². The van der Waals surface area contributed by atoms with E-state index in [1.54, 1.807) is 0 Å². The highest BCUT2D eigenvalue weighted by molar-refractivity contribution is 5.23. The first-order chi connectivity index (χ1) is 4.00. The highest BCUT2D eigenvalue weighted by atomic mass is 19.3. The van der Waals surface area contributed by atoms with Gasteiger partial charge in [-0.15, -0.1) is 0 Å². The normalized spacial score (nSPS) is 60.0. The van der Waals surface area contributed by atoms with E-state index in [1.165, 1.54) is 0 Å². The van der Waals surface area contributed by atoms with E-state index < -0.39 is 24.1 Å². The van der Waals surface area contributed by atoms with Crippen LogP contribution in [0.25, 0.3) is 0 Å². The topological polar surface area (TPSA) is 12.5 Å².